The molecule has 0 amide bonds. The molecule has 1 heterocycles. The molecule has 1 N–H and O–H groups in total. The van der Waals surface area contributed by atoms with Crippen LogP contribution in [-0.4, -0.2) is 37.1 Å². The zero-order valence-corrected chi connectivity index (χ0v) is 11.9. The van der Waals surface area contributed by atoms with E-state index in [0.29, 0.717) is 0 Å². The molecule has 0 bridgehead atoms. The molecule has 2 heteroatoms. The van der Waals surface area contributed by atoms with Crippen LogP contribution in [0.25, 0.3) is 0 Å². The normalized spacial score (nSPS) is 29.3. The van der Waals surface area contributed by atoms with Gasteiger partial charge < -0.3 is 5.32 Å². The van der Waals surface area contributed by atoms with Gasteiger partial charge in [0.05, 0.1) is 0 Å². The van der Waals surface area contributed by atoms with Crippen LogP contribution in [0, 0.1) is 11.8 Å². The second kappa shape index (κ2) is 6.19. The molecule has 0 spiro atoms. The molecule has 17 heavy (non-hydrogen) atoms. The minimum absolute atomic E-state index is 0.733. The molecule has 1 aliphatic heterocycles. The average Bonchev–Trinajstić information content (AvgIpc) is 2.96. The van der Waals surface area contributed by atoms with Crippen molar-refractivity contribution >= 4 is 0 Å². The molecule has 1 saturated carbocycles. The maximum Gasteiger partial charge on any atom is 0.0220 e. The van der Waals surface area contributed by atoms with Crippen LogP contribution in [0.15, 0.2) is 0 Å². The number of likely N-dealkylation sites (N-methyl/N-ethyl adjacent to an activating group) is 1. The van der Waals surface area contributed by atoms with E-state index in [0.717, 1.165) is 23.9 Å². The molecule has 2 atom stereocenters. The van der Waals surface area contributed by atoms with Crippen LogP contribution in [0.3, 0.4) is 0 Å². The quantitative estimate of drug-likeness (QED) is 0.792. The van der Waals surface area contributed by atoms with Gasteiger partial charge in [0, 0.05) is 18.6 Å². The van der Waals surface area contributed by atoms with Gasteiger partial charge in [-0.25, -0.2) is 0 Å². The molecule has 2 aliphatic rings. The first-order chi connectivity index (χ1) is 8.22. The molecule has 1 saturated heterocycles. The Labute approximate surface area is 107 Å². The molecule has 2 unspecified atom stereocenters. The predicted octanol–water partition coefficient (Wildman–Crippen LogP) is 2.89. The van der Waals surface area contributed by atoms with Crippen LogP contribution in [0.2, 0.25) is 0 Å². The summed E-state index contributed by atoms with van der Waals surface area (Å²) in [4.78, 5) is 2.75. The van der Waals surface area contributed by atoms with E-state index >= 15 is 0 Å². The van der Waals surface area contributed by atoms with E-state index in [9.17, 15) is 0 Å². The topological polar surface area (TPSA) is 15.3 Å². The highest BCUT2D eigenvalue weighted by Crippen LogP contribution is 2.30. The minimum Gasteiger partial charge on any atom is -0.315 e. The maximum absolute atomic E-state index is 3.59. The second-order valence-electron chi connectivity index (χ2n) is 6.39. The van der Waals surface area contributed by atoms with Gasteiger partial charge >= 0.3 is 0 Å². The fraction of sp³-hybridized carbons (Fsp3) is 1.00. The van der Waals surface area contributed by atoms with E-state index in [-0.39, 0.29) is 0 Å². The fourth-order valence-electron chi connectivity index (χ4n) is 3.92. The largest absolute Gasteiger partial charge is 0.315 e. The number of hydrogen-bond donors (Lipinski definition) is 1. The maximum atomic E-state index is 3.59. The standard InChI is InChI=1S/C15H30N2/c1-12(2)15-9-6-10-17(15)11-14(16-3)13-7-4-5-8-13/h12-16H,4-11H2,1-3H3. The van der Waals surface area contributed by atoms with Gasteiger partial charge in [0.15, 0.2) is 0 Å². The third-order valence-corrected chi connectivity index (χ3v) is 4.95. The zero-order valence-electron chi connectivity index (χ0n) is 11.9. The van der Waals surface area contributed by atoms with Crippen molar-refractivity contribution in [1.82, 2.24) is 10.2 Å². The first kappa shape index (κ1) is 13.4. The summed E-state index contributed by atoms with van der Waals surface area (Å²) in [6.45, 7) is 7.37. The van der Waals surface area contributed by atoms with Gasteiger partial charge in [-0.05, 0) is 51.1 Å². The third-order valence-electron chi connectivity index (χ3n) is 4.95. The van der Waals surface area contributed by atoms with Gasteiger partial charge in [0.1, 0.15) is 0 Å². The summed E-state index contributed by atoms with van der Waals surface area (Å²) < 4.78 is 0. The van der Waals surface area contributed by atoms with E-state index in [1.165, 1.54) is 51.6 Å². The Kier molecular flexibility index (Phi) is 4.87. The Morgan fingerprint density at radius 3 is 2.41 bits per heavy atom. The molecule has 0 aromatic heterocycles. The minimum atomic E-state index is 0.733. The molecular weight excluding hydrogens is 208 g/mol. The lowest BCUT2D eigenvalue weighted by molar-refractivity contribution is 0.168. The van der Waals surface area contributed by atoms with E-state index in [1.807, 2.05) is 0 Å². The molecule has 1 aliphatic carbocycles. The number of nitrogens with one attached hydrogen (secondary N) is 1. The van der Waals surface area contributed by atoms with Crippen LogP contribution in [0.4, 0.5) is 0 Å². The van der Waals surface area contributed by atoms with Crippen LogP contribution >= 0.6 is 0 Å². The molecular formula is C15H30N2. The van der Waals surface area contributed by atoms with Crippen molar-refractivity contribution in [2.45, 2.75) is 64.5 Å². The number of likely N-dealkylation sites (tertiary alicyclic amines) is 1. The Balaban J connectivity index is 1.88. The van der Waals surface area contributed by atoms with E-state index < -0.39 is 0 Å². The van der Waals surface area contributed by atoms with Gasteiger partial charge in [-0.3, -0.25) is 4.90 Å². The van der Waals surface area contributed by atoms with Crippen molar-refractivity contribution in [1.29, 1.82) is 0 Å². The van der Waals surface area contributed by atoms with Crippen LogP contribution in [-0.2, 0) is 0 Å². The molecule has 0 aromatic rings. The van der Waals surface area contributed by atoms with Gasteiger partial charge in [-0.1, -0.05) is 26.7 Å². The monoisotopic (exact) mass is 238 g/mol. The highest BCUT2D eigenvalue weighted by atomic mass is 15.2. The zero-order chi connectivity index (χ0) is 12.3. The van der Waals surface area contributed by atoms with Crippen LogP contribution < -0.4 is 5.32 Å². The van der Waals surface area contributed by atoms with Crippen molar-refractivity contribution in [2.24, 2.45) is 11.8 Å². The Bertz CT molecular complexity index is 221. The molecule has 100 valence electrons. The summed E-state index contributed by atoms with van der Waals surface area (Å²) >= 11 is 0. The first-order valence-electron chi connectivity index (χ1n) is 7.63. The summed E-state index contributed by atoms with van der Waals surface area (Å²) in [7, 11) is 2.16. The third kappa shape index (κ3) is 3.23. The molecule has 2 nitrogen and oxygen atoms in total. The van der Waals surface area contributed by atoms with Crippen molar-refractivity contribution in [3.8, 4) is 0 Å². The van der Waals surface area contributed by atoms with Gasteiger partial charge in [0.25, 0.3) is 0 Å². The summed E-state index contributed by atoms with van der Waals surface area (Å²) in [5, 5.41) is 3.59. The Morgan fingerprint density at radius 2 is 1.82 bits per heavy atom. The predicted molar refractivity (Wildman–Crippen MR) is 74.2 cm³/mol. The summed E-state index contributed by atoms with van der Waals surface area (Å²) in [6.07, 6.45) is 8.63. The molecule has 2 fully saturated rings. The van der Waals surface area contributed by atoms with E-state index in [4.69, 9.17) is 0 Å². The van der Waals surface area contributed by atoms with Gasteiger partial charge in [-0.15, -0.1) is 0 Å². The lowest BCUT2D eigenvalue weighted by atomic mass is 9.96. The summed E-state index contributed by atoms with van der Waals surface area (Å²) in [5.74, 6) is 1.76. The molecule has 0 radical (unpaired) electrons. The highest BCUT2D eigenvalue weighted by Gasteiger charge is 2.31. The lowest BCUT2D eigenvalue weighted by Gasteiger charge is -2.33. The highest BCUT2D eigenvalue weighted by molar-refractivity contribution is 4.88. The second-order valence-corrected chi connectivity index (χ2v) is 6.39. The number of rotatable bonds is 5. The van der Waals surface area contributed by atoms with Gasteiger partial charge in [0.2, 0.25) is 0 Å². The molecule has 2 rings (SSSR count). The summed E-state index contributed by atoms with van der Waals surface area (Å²) in [6, 6.07) is 1.57. The van der Waals surface area contributed by atoms with E-state index in [2.05, 4.69) is 31.1 Å². The number of nitrogens with zero attached hydrogens (tertiary/aromatic N) is 1. The van der Waals surface area contributed by atoms with Crippen molar-refractivity contribution in [3.05, 3.63) is 0 Å². The Morgan fingerprint density at radius 1 is 1.12 bits per heavy atom. The smallest absolute Gasteiger partial charge is 0.0220 e. The lowest BCUT2D eigenvalue weighted by Crippen LogP contribution is -2.46. The van der Waals surface area contributed by atoms with E-state index in [1.54, 1.807) is 0 Å². The molecule has 0 aromatic carbocycles. The van der Waals surface area contributed by atoms with Crippen LogP contribution in [0.5, 0.6) is 0 Å². The SMILES string of the molecule is CNC(CN1CCCC1C(C)C)C1CCCC1. The fourth-order valence-corrected chi connectivity index (χ4v) is 3.92. The van der Waals surface area contributed by atoms with Gasteiger partial charge in [-0.2, -0.15) is 0 Å². The summed E-state index contributed by atoms with van der Waals surface area (Å²) in [5.41, 5.74) is 0. The average molecular weight is 238 g/mol. The number of hydrogen-bond acceptors (Lipinski definition) is 2. The Hall–Kier alpha value is -0.0800. The first-order valence-corrected chi connectivity index (χ1v) is 7.63. The van der Waals surface area contributed by atoms with Crippen molar-refractivity contribution < 1.29 is 0 Å². The van der Waals surface area contributed by atoms with Crippen molar-refractivity contribution in [3.63, 3.8) is 0 Å². The van der Waals surface area contributed by atoms with Crippen LogP contribution in [0.1, 0.15) is 52.4 Å². The van der Waals surface area contributed by atoms with Crippen molar-refractivity contribution in [2.75, 3.05) is 20.1 Å².